The summed E-state index contributed by atoms with van der Waals surface area (Å²) in [6.45, 7) is 9.50. The Morgan fingerprint density at radius 1 is 0.792 bits per heavy atom. The molecule has 0 atom stereocenters. The Hall–Kier alpha value is -1.12. The van der Waals surface area contributed by atoms with Crippen LogP contribution in [0.4, 0.5) is 0 Å². The topological polar surface area (TPSA) is 0 Å². The predicted molar refractivity (Wildman–Crippen MR) is 112 cm³/mol. The summed E-state index contributed by atoms with van der Waals surface area (Å²) in [6, 6.07) is 13.4. The van der Waals surface area contributed by atoms with Crippen LogP contribution in [0.15, 0.2) is 42.5 Å². The summed E-state index contributed by atoms with van der Waals surface area (Å²) in [5, 5.41) is 1.33. The van der Waals surface area contributed by atoms with Crippen LogP contribution in [0.25, 0.3) is 16.2 Å². The van der Waals surface area contributed by atoms with Crippen molar-refractivity contribution in [2.45, 2.75) is 58.8 Å². The fraction of sp³-hybridized carbons (Fsp3) is 0.455. The molecule has 2 aromatic rings. The summed E-state index contributed by atoms with van der Waals surface area (Å²) in [6.07, 6.45) is 9.76. The number of allylic oxidation sites excluding steroid dienone is 1. The molecule has 3 rings (SSSR count). The van der Waals surface area contributed by atoms with Gasteiger partial charge in [-0.1, -0.05) is 90.9 Å². The molecule has 0 nitrogen and oxygen atoms in total. The second kappa shape index (κ2) is 7.01. The quantitative estimate of drug-likeness (QED) is 0.487. The molecule has 1 aromatic heterocycles. The minimum absolute atomic E-state index is 0.259. The molecule has 0 spiro atoms. The second-order valence-corrected chi connectivity index (χ2v) is 8.99. The van der Waals surface area contributed by atoms with Gasteiger partial charge in [-0.25, -0.2) is 0 Å². The largest absolute Gasteiger partial charge is 0.0833 e. The molecular weight excluding hydrogens is 328 g/mol. The Kier molecular flexibility index (Phi) is 5.17. The molecule has 128 valence electrons. The van der Waals surface area contributed by atoms with E-state index in [9.17, 15) is 0 Å². The maximum atomic E-state index is 2.53. The third kappa shape index (κ3) is 2.55. The van der Waals surface area contributed by atoms with Crippen molar-refractivity contribution in [3.63, 3.8) is 0 Å². The Bertz CT molecular complexity index is 781. The molecule has 1 aliphatic rings. The summed E-state index contributed by atoms with van der Waals surface area (Å²) in [5.41, 5.74) is 1.97. The van der Waals surface area contributed by atoms with Gasteiger partial charge in [0.1, 0.15) is 0 Å². The van der Waals surface area contributed by atoms with E-state index < -0.39 is 0 Å². The van der Waals surface area contributed by atoms with Crippen LogP contribution < -0.4 is 0 Å². The molecule has 0 unspecified atom stereocenters. The molecule has 0 aliphatic heterocycles. The normalized spacial score (nSPS) is 17.5. The van der Waals surface area contributed by atoms with Gasteiger partial charge in [-0.05, 0) is 48.1 Å². The molecule has 1 aromatic carbocycles. The minimum Gasteiger partial charge on any atom is -0.0833 e. The lowest BCUT2D eigenvalue weighted by Gasteiger charge is -2.50. The van der Waals surface area contributed by atoms with Crippen molar-refractivity contribution < 1.29 is 0 Å². The van der Waals surface area contributed by atoms with Gasteiger partial charge in [0.15, 0.2) is 0 Å². The first-order valence-electron chi connectivity index (χ1n) is 9.22. The Morgan fingerprint density at radius 3 is 2.17 bits per heavy atom. The highest BCUT2D eigenvalue weighted by Crippen LogP contribution is 2.57. The minimum atomic E-state index is 0.259. The molecule has 1 heterocycles. The highest BCUT2D eigenvalue weighted by atomic mass is 32.9. The van der Waals surface area contributed by atoms with Gasteiger partial charge >= 0.3 is 0 Å². The van der Waals surface area contributed by atoms with Crippen molar-refractivity contribution in [1.82, 2.24) is 0 Å². The first-order valence-corrected chi connectivity index (χ1v) is 11.4. The third-order valence-electron chi connectivity index (χ3n) is 6.28. The van der Waals surface area contributed by atoms with Gasteiger partial charge in [-0.2, -0.15) is 0 Å². The van der Waals surface area contributed by atoms with Crippen LogP contribution in [0, 0.1) is 5.41 Å². The highest BCUT2D eigenvalue weighted by molar-refractivity contribution is 7.71. The SMILES string of the molecule is CCC1(CC)C=Cc2ccc3ccccc3ssc2C1(CC)CC. The van der Waals surface area contributed by atoms with Crippen LogP contribution >= 0.6 is 20.7 Å². The van der Waals surface area contributed by atoms with Crippen LogP contribution in [-0.2, 0) is 5.41 Å². The Morgan fingerprint density at radius 2 is 1.50 bits per heavy atom. The second-order valence-electron chi connectivity index (χ2n) is 6.81. The maximum absolute atomic E-state index is 2.53. The fourth-order valence-electron chi connectivity index (χ4n) is 4.64. The summed E-state index contributed by atoms with van der Waals surface area (Å²) in [7, 11) is 3.94. The highest BCUT2D eigenvalue weighted by Gasteiger charge is 2.49. The van der Waals surface area contributed by atoms with Gasteiger partial charge < -0.3 is 0 Å². The monoisotopic (exact) mass is 356 g/mol. The van der Waals surface area contributed by atoms with Crippen LogP contribution in [0.5, 0.6) is 0 Å². The first-order chi connectivity index (χ1) is 11.7. The van der Waals surface area contributed by atoms with E-state index in [0.29, 0.717) is 0 Å². The molecule has 0 bridgehead atoms. The van der Waals surface area contributed by atoms with Crippen LogP contribution in [0.2, 0.25) is 0 Å². The summed E-state index contributed by atoms with van der Waals surface area (Å²) in [5.74, 6) is 0. The van der Waals surface area contributed by atoms with Gasteiger partial charge in [0.25, 0.3) is 0 Å². The predicted octanol–water partition coefficient (Wildman–Crippen LogP) is 7.98. The average Bonchev–Trinajstić information content (AvgIpc) is 2.62. The van der Waals surface area contributed by atoms with Crippen LogP contribution in [0.3, 0.4) is 0 Å². The fourth-order valence-corrected chi connectivity index (χ4v) is 7.81. The van der Waals surface area contributed by atoms with E-state index in [1.165, 1.54) is 41.3 Å². The standard InChI is InChI=1S/C22H28S2/c1-5-21(6-2)16-15-18-14-13-17-11-9-10-12-19(17)23-24-20(18)22(21,7-3)8-4/h9-16H,5-8H2,1-4H3. The van der Waals surface area contributed by atoms with Gasteiger partial charge in [-0.15, -0.1) is 0 Å². The Labute approximate surface area is 153 Å². The molecule has 0 saturated heterocycles. The maximum Gasteiger partial charge on any atom is 0.0449 e. The van der Waals surface area contributed by atoms with E-state index in [4.69, 9.17) is 0 Å². The van der Waals surface area contributed by atoms with Crippen LogP contribution in [-0.4, -0.2) is 0 Å². The van der Waals surface area contributed by atoms with Gasteiger partial charge in [0.2, 0.25) is 0 Å². The van der Waals surface area contributed by atoms with E-state index in [2.05, 4.69) is 76.2 Å². The lowest BCUT2D eigenvalue weighted by molar-refractivity contribution is 0.146. The van der Waals surface area contributed by atoms with Crippen molar-refractivity contribution in [1.29, 1.82) is 0 Å². The molecule has 0 radical (unpaired) electrons. The average molecular weight is 357 g/mol. The van der Waals surface area contributed by atoms with E-state index in [0.717, 1.165) is 0 Å². The van der Waals surface area contributed by atoms with Gasteiger partial charge in [-0.3, -0.25) is 0 Å². The smallest absolute Gasteiger partial charge is 0.0449 e. The number of fused-ring (bicyclic) bond motifs is 2. The van der Waals surface area contributed by atoms with Gasteiger partial charge in [0.05, 0.1) is 0 Å². The third-order valence-corrected chi connectivity index (χ3v) is 8.99. The number of hydrogen-bond donors (Lipinski definition) is 0. The summed E-state index contributed by atoms with van der Waals surface area (Å²) in [4.78, 5) is 1.59. The van der Waals surface area contributed by atoms with Crippen LogP contribution in [0.1, 0.15) is 63.8 Å². The van der Waals surface area contributed by atoms with Crippen molar-refractivity contribution in [3.05, 3.63) is 52.9 Å². The van der Waals surface area contributed by atoms with Crippen molar-refractivity contribution >= 4 is 36.8 Å². The van der Waals surface area contributed by atoms with Crippen molar-refractivity contribution in [2.75, 3.05) is 0 Å². The summed E-state index contributed by atoms with van der Waals surface area (Å²) < 4.78 is 1.37. The lowest BCUT2D eigenvalue weighted by Crippen LogP contribution is -2.44. The molecule has 0 saturated carbocycles. The molecule has 1 aliphatic carbocycles. The lowest BCUT2D eigenvalue weighted by atomic mass is 9.54. The van der Waals surface area contributed by atoms with Gasteiger partial charge in [0, 0.05) is 15.0 Å². The van der Waals surface area contributed by atoms with Crippen molar-refractivity contribution in [2.24, 2.45) is 5.41 Å². The zero-order valence-corrected chi connectivity index (χ0v) is 16.9. The zero-order valence-electron chi connectivity index (χ0n) is 15.3. The first kappa shape index (κ1) is 17.7. The Balaban J connectivity index is 2.34. The zero-order chi connectivity index (χ0) is 17.2. The van der Waals surface area contributed by atoms with E-state index >= 15 is 0 Å². The number of hydrogen-bond acceptors (Lipinski definition) is 2. The molecule has 24 heavy (non-hydrogen) atoms. The van der Waals surface area contributed by atoms with E-state index in [-0.39, 0.29) is 10.8 Å². The molecule has 2 heteroatoms. The van der Waals surface area contributed by atoms with E-state index in [1.54, 1.807) is 4.88 Å². The molecule has 0 fully saturated rings. The number of rotatable bonds is 4. The summed E-state index contributed by atoms with van der Waals surface area (Å²) >= 11 is 0. The van der Waals surface area contributed by atoms with E-state index in [1.807, 2.05) is 20.7 Å². The molecule has 0 amide bonds. The molecule has 0 N–H and O–H groups in total. The number of benzene rings is 1. The molecular formula is C22H28S2. The van der Waals surface area contributed by atoms with Crippen molar-refractivity contribution in [3.8, 4) is 0 Å².